The number of hydrogen-bond acceptors (Lipinski definition) is 9. The van der Waals surface area contributed by atoms with Gasteiger partial charge in [-0.25, -0.2) is 14.2 Å². The number of rotatable bonds is 12. The Kier molecular flexibility index (Phi) is 12.4. The molecule has 2 aliphatic heterocycles. The number of fused-ring (bicyclic) bond motifs is 1. The number of ether oxygens (including phenoxy) is 3. The van der Waals surface area contributed by atoms with E-state index in [1.165, 1.54) is 35.4 Å². The molecule has 0 saturated carbocycles. The topological polar surface area (TPSA) is 122 Å². The Bertz CT molecular complexity index is 2320. The summed E-state index contributed by atoms with van der Waals surface area (Å²) in [4.78, 5) is 30.8. The first kappa shape index (κ1) is 40.3. The lowest BCUT2D eigenvalue weighted by Gasteiger charge is -2.39. The van der Waals surface area contributed by atoms with Crippen LogP contribution in [0.3, 0.4) is 0 Å². The molecule has 2 fully saturated rings. The second-order valence-electron chi connectivity index (χ2n) is 16.1. The van der Waals surface area contributed by atoms with Gasteiger partial charge in [-0.2, -0.15) is 0 Å². The molecule has 3 aromatic carbocycles. The molecule has 8 rings (SSSR count). The molecular weight excluding hydrogens is 795 g/mol. The molecule has 0 spiro atoms. The number of anilines is 1. The van der Waals surface area contributed by atoms with Crippen molar-refractivity contribution in [3.63, 3.8) is 0 Å². The van der Waals surface area contributed by atoms with Crippen molar-refractivity contribution in [2.75, 3.05) is 57.4 Å². The zero-order valence-corrected chi connectivity index (χ0v) is 35.1. The Hall–Kier alpha value is -4.46. The molecule has 2 N–H and O–H groups in total. The van der Waals surface area contributed by atoms with Crippen LogP contribution >= 0.6 is 23.2 Å². The maximum absolute atomic E-state index is 13.9. The molecule has 5 aromatic rings. The molecule has 2 aromatic heterocycles. The number of pyridine rings is 1. The first-order valence-corrected chi connectivity index (χ1v) is 21.8. The second kappa shape index (κ2) is 17.8. The van der Waals surface area contributed by atoms with E-state index in [0.717, 1.165) is 74.6 Å². The normalized spacial score (nSPS) is 18.3. The zero-order valence-electron chi connectivity index (χ0n) is 32.8. The van der Waals surface area contributed by atoms with Gasteiger partial charge in [0.1, 0.15) is 16.3 Å². The summed E-state index contributed by atoms with van der Waals surface area (Å²) in [6, 6.07) is 20.9. The SMILES string of the molecule is CC1(C)CCC(CN2CCN(c3ccc(C(=O)NS(=O)c4cnc(OCC5CCOCC5)c(Cl)c4)c(Oc4cccc5[nH]cnc45)c3)CC2)=C(c2ccc(Cl)cc2)C1. The van der Waals surface area contributed by atoms with Crippen molar-refractivity contribution < 1.29 is 23.2 Å². The first-order chi connectivity index (χ1) is 28.1. The van der Waals surface area contributed by atoms with Crippen molar-refractivity contribution in [1.29, 1.82) is 0 Å². The molecule has 11 nitrogen and oxygen atoms in total. The minimum absolute atomic E-state index is 0.217. The lowest BCUT2D eigenvalue weighted by atomic mass is 9.72. The number of piperazine rings is 1. The first-order valence-electron chi connectivity index (χ1n) is 19.9. The molecule has 1 aliphatic carbocycles. The number of carbonyl (C=O) groups excluding carboxylic acids is 1. The largest absolute Gasteiger partial charge is 0.476 e. The molecule has 4 heterocycles. The number of amides is 1. The van der Waals surface area contributed by atoms with E-state index in [2.05, 4.69) is 55.5 Å². The van der Waals surface area contributed by atoms with Gasteiger partial charge >= 0.3 is 0 Å². The highest BCUT2D eigenvalue weighted by atomic mass is 35.5. The maximum atomic E-state index is 13.9. The highest BCUT2D eigenvalue weighted by Crippen LogP contribution is 2.43. The third kappa shape index (κ3) is 9.53. The number of carbonyl (C=O) groups is 1. The number of imidazole rings is 1. The minimum atomic E-state index is -1.97. The van der Waals surface area contributed by atoms with E-state index < -0.39 is 16.9 Å². The highest BCUT2D eigenvalue weighted by Gasteiger charge is 2.30. The number of aromatic amines is 1. The Balaban J connectivity index is 0.976. The average molecular weight is 844 g/mol. The summed E-state index contributed by atoms with van der Waals surface area (Å²) < 4.78 is 33.9. The summed E-state index contributed by atoms with van der Waals surface area (Å²) >= 11 is 12.7. The van der Waals surface area contributed by atoms with E-state index in [9.17, 15) is 9.00 Å². The van der Waals surface area contributed by atoms with Gasteiger partial charge in [0.15, 0.2) is 16.7 Å². The third-order valence-electron chi connectivity index (χ3n) is 11.4. The fraction of sp³-hybridized carbons (Fsp3) is 0.386. The van der Waals surface area contributed by atoms with Gasteiger partial charge in [-0.15, -0.1) is 0 Å². The van der Waals surface area contributed by atoms with Crippen molar-refractivity contribution in [2.24, 2.45) is 11.3 Å². The number of H-pyrrole nitrogens is 1. The number of aromatic nitrogens is 3. The molecule has 1 amide bonds. The van der Waals surface area contributed by atoms with E-state index in [-0.39, 0.29) is 26.8 Å². The van der Waals surface area contributed by atoms with Gasteiger partial charge in [-0.1, -0.05) is 60.8 Å². The number of para-hydroxylation sites is 1. The van der Waals surface area contributed by atoms with Crippen molar-refractivity contribution in [2.45, 2.75) is 50.8 Å². The number of nitrogens with one attached hydrogen (secondary N) is 2. The summed E-state index contributed by atoms with van der Waals surface area (Å²) in [5, 5.41) is 0.970. The molecule has 0 radical (unpaired) electrons. The number of hydrogen-bond donors (Lipinski definition) is 2. The van der Waals surface area contributed by atoms with Crippen LogP contribution in [0.4, 0.5) is 5.69 Å². The van der Waals surface area contributed by atoms with Gasteiger partial charge in [-0.05, 0) is 97.0 Å². The minimum Gasteiger partial charge on any atom is -0.476 e. The predicted octanol–water partition coefficient (Wildman–Crippen LogP) is 9.10. The number of halogens is 2. The van der Waals surface area contributed by atoms with E-state index in [1.807, 2.05) is 42.5 Å². The van der Waals surface area contributed by atoms with Crippen LogP contribution in [0.2, 0.25) is 10.0 Å². The van der Waals surface area contributed by atoms with E-state index in [0.29, 0.717) is 42.8 Å². The van der Waals surface area contributed by atoms with Crippen LogP contribution in [0.5, 0.6) is 17.4 Å². The van der Waals surface area contributed by atoms with Crippen LogP contribution in [-0.4, -0.2) is 82.5 Å². The van der Waals surface area contributed by atoms with Crippen LogP contribution in [0, 0.1) is 11.3 Å². The highest BCUT2D eigenvalue weighted by molar-refractivity contribution is 7.83. The van der Waals surface area contributed by atoms with Gasteiger partial charge in [-0.3, -0.25) is 14.4 Å². The van der Waals surface area contributed by atoms with Gasteiger partial charge in [0, 0.05) is 68.9 Å². The predicted molar refractivity (Wildman–Crippen MR) is 229 cm³/mol. The summed E-state index contributed by atoms with van der Waals surface area (Å²) in [5.74, 6) is 0.858. The van der Waals surface area contributed by atoms with Gasteiger partial charge in [0.25, 0.3) is 5.91 Å². The molecule has 1 unspecified atom stereocenters. The Labute approximate surface area is 351 Å². The van der Waals surface area contributed by atoms with Gasteiger partial charge < -0.3 is 24.1 Å². The third-order valence-corrected chi connectivity index (χ3v) is 12.9. The quantitative estimate of drug-likeness (QED) is 0.127. The molecule has 2 saturated heterocycles. The fourth-order valence-corrected chi connectivity index (χ4v) is 9.12. The van der Waals surface area contributed by atoms with Crippen LogP contribution in [0.1, 0.15) is 61.9 Å². The summed E-state index contributed by atoms with van der Waals surface area (Å²) in [5.41, 5.74) is 7.07. The van der Waals surface area contributed by atoms with Crippen molar-refractivity contribution in [3.05, 3.63) is 106 Å². The Morgan fingerprint density at radius 2 is 1.79 bits per heavy atom. The maximum Gasteiger partial charge on any atom is 0.266 e. The molecule has 14 heteroatoms. The standard InChI is InChI=1S/C44H48Cl2N6O5S/c1-44(2)15-12-31(36(24-44)30-6-8-32(45)9-7-30)26-51-16-18-52(19-17-51)33-10-11-35(40(22-33)57-39-5-3-4-38-41(39)49-28-48-38)42(53)50-58(54)34-23-37(46)43(47-25-34)56-27-29-13-20-55-21-14-29/h3-11,22-23,25,28-29H,12-21,24,26-27H2,1-2H3,(H,48,49)(H,50,53). The number of nitrogens with zero attached hydrogens (tertiary/aromatic N) is 4. The Morgan fingerprint density at radius 1 is 1.00 bits per heavy atom. The van der Waals surface area contributed by atoms with E-state index >= 15 is 0 Å². The Morgan fingerprint density at radius 3 is 2.57 bits per heavy atom. The van der Waals surface area contributed by atoms with Gasteiger partial charge in [0.05, 0.1) is 28.9 Å². The second-order valence-corrected chi connectivity index (χ2v) is 18.1. The van der Waals surface area contributed by atoms with Crippen molar-refractivity contribution in [1.82, 2.24) is 24.6 Å². The molecule has 1 atom stereocenters. The monoisotopic (exact) mass is 842 g/mol. The number of benzene rings is 3. The molecule has 304 valence electrons. The summed E-state index contributed by atoms with van der Waals surface area (Å²) in [6.07, 6.45) is 8.15. The smallest absolute Gasteiger partial charge is 0.266 e. The zero-order chi connectivity index (χ0) is 40.2. The van der Waals surface area contributed by atoms with Crippen molar-refractivity contribution in [3.8, 4) is 17.4 Å². The molecule has 0 bridgehead atoms. The number of allylic oxidation sites excluding steroid dienone is 1. The average Bonchev–Trinajstić information content (AvgIpc) is 3.72. The van der Waals surface area contributed by atoms with Crippen LogP contribution in [0.25, 0.3) is 16.6 Å². The van der Waals surface area contributed by atoms with Crippen LogP contribution in [-0.2, 0) is 15.7 Å². The lowest BCUT2D eigenvalue weighted by Crippen LogP contribution is -2.47. The van der Waals surface area contributed by atoms with Crippen LogP contribution < -0.4 is 19.1 Å². The van der Waals surface area contributed by atoms with Crippen molar-refractivity contribution >= 4 is 62.4 Å². The fourth-order valence-electron chi connectivity index (χ4n) is 7.94. The molecular formula is C44H48Cl2N6O5S. The van der Waals surface area contributed by atoms with E-state index in [4.69, 9.17) is 37.4 Å². The van der Waals surface area contributed by atoms with Gasteiger partial charge in [0.2, 0.25) is 5.88 Å². The van der Waals surface area contributed by atoms with Crippen LogP contribution in [0.15, 0.2) is 89.7 Å². The molecule has 58 heavy (non-hydrogen) atoms. The molecule has 3 aliphatic rings. The summed E-state index contributed by atoms with van der Waals surface area (Å²) in [7, 11) is -1.97. The lowest BCUT2D eigenvalue weighted by molar-refractivity contribution is 0.0490. The van der Waals surface area contributed by atoms with E-state index in [1.54, 1.807) is 12.4 Å². The summed E-state index contributed by atoms with van der Waals surface area (Å²) in [6.45, 7) is 10.9.